The number of hydrogen-bond donors (Lipinski definition) is 0. The number of benzene rings is 1. The molecule has 0 N–H and O–H groups in total. The predicted octanol–water partition coefficient (Wildman–Crippen LogP) is 11.2. The van der Waals surface area contributed by atoms with Crippen molar-refractivity contribution in [2.75, 3.05) is 0 Å². The molecule has 1 aromatic carbocycles. The first-order valence-electron chi connectivity index (χ1n) is 15.3. The van der Waals surface area contributed by atoms with Gasteiger partial charge in [0.2, 0.25) is 0 Å². The Morgan fingerprint density at radius 3 is 1.06 bits per heavy atom. The Labute approximate surface area is 210 Å². The molecule has 0 radical (unpaired) electrons. The van der Waals surface area contributed by atoms with Crippen molar-refractivity contribution < 1.29 is 0 Å². The van der Waals surface area contributed by atoms with E-state index >= 15 is 0 Å². The van der Waals surface area contributed by atoms with Crippen LogP contribution < -0.4 is 5.19 Å². The highest BCUT2D eigenvalue weighted by Gasteiger charge is 2.33. The molecule has 1 aromatic rings. The van der Waals surface area contributed by atoms with Crippen LogP contribution in [0, 0.1) is 0 Å². The Bertz CT molecular complexity index is 488. The minimum Gasteiger partial charge on any atom is -0.0654 e. The predicted molar refractivity (Wildman–Crippen MR) is 156 cm³/mol. The molecule has 33 heavy (non-hydrogen) atoms. The highest BCUT2D eigenvalue weighted by atomic mass is 28.3. The summed E-state index contributed by atoms with van der Waals surface area (Å²) in [6.07, 6.45) is 28.9. The van der Waals surface area contributed by atoms with Crippen molar-refractivity contribution in [2.24, 2.45) is 0 Å². The standard InChI is InChI=1S/C32H60Si/c1-4-7-10-13-15-17-19-25-30-33(29-24-12-9-6-3,32-27-22-21-23-28-32)31-26-20-18-16-14-11-8-5-2/h21-23,27-28H,4-20,24-26,29-31H2,1-3H3. The smallest absolute Gasteiger partial charge is 0.0654 e. The number of rotatable bonds is 24. The maximum Gasteiger partial charge on any atom is 0.0867 e. The van der Waals surface area contributed by atoms with Crippen LogP contribution in [0.2, 0.25) is 18.1 Å². The first kappa shape index (κ1) is 30.5. The van der Waals surface area contributed by atoms with Gasteiger partial charge in [0.25, 0.3) is 0 Å². The number of hydrogen-bond acceptors (Lipinski definition) is 0. The van der Waals surface area contributed by atoms with E-state index in [1.54, 1.807) is 23.3 Å². The molecule has 0 nitrogen and oxygen atoms in total. The van der Waals surface area contributed by atoms with Crippen LogP contribution in [-0.2, 0) is 0 Å². The second-order valence-corrected chi connectivity index (χ2v) is 15.5. The van der Waals surface area contributed by atoms with E-state index in [9.17, 15) is 0 Å². The molecule has 192 valence electrons. The Kier molecular flexibility index (Phi) is 20.3. The van der Waals surface area contributed by atoms with E-state index in [1.807, 2.05) is 0 Å². The van der Waals surface area contributed by atoms with Gasteiger partial charge in [-0.15, -0.1) is 0 Å². The topological polar surface area (TPSA) is 0 Å². The Morgan fingerprint density at radius 2 is 0.697 bits per heavy atom. The maximum absolute atomic E-state index is 2.52. The lowest BCUT2D eigenvalue weighted by molar-refractivity contribution is 0.579. The number of unbranched alkanes of at least 4 members (excludes halogenated alkanes) is 17. The zero-order valence-electron chi connectivity index (χ0n) is 23.2. The van der Waals surface area contributed by atoms with Crippen molar-refractivity contribution in [3.05, 3.63) is 30.3 Å². The summed E-state index contributed by atoms with van der Waals surface area (Å²) in [7, 11) is -1.38. The molecule has 0 heterocycles. The second kappa shape index (κ2) is 21.9. The molecule has 0 unspecified atom stereocenters. The van der Waals surface area contributed by atoms with Crippen LogP contribution >= 0.6 is 0 Å². The SMILES string of the molecule is CCCCCCCCCC[Si](CCCCCC)(CCCCCCCCCC)c1ccccc1. The van der Waals surface area contributed by atoms with E-state index < -0.39 is 8.07 Å². The third kappa shape index (κ3) is 15.1. The summed E-state index contributed by atoms with van der Waals surface area (Å²) in [5.41, 5.74) is 0. The van der Waals surface area contributed by atoms with Gasteiger partial charge in [-0.05, 0) is 0 Å². The normalized spacial score (nSPS) is 11.8. The van der Waals surface area contributed by atoms with Gasteiger partial charge in [0.15, 0.2) is 0 Å². The largest absolute Gasteiger partial charge is 0.0867 e. The van der Waals surface area contributed by atoms with Crippen LogP contribution in [0.1, 0.15) is 149 Å². The molecule has 0 bridgehead atoms. The van der Waals surface area contributed by atoms with E-state index in [0.717, 1.165) is 0 Å². The van der Waals surface area contributed by atoms with Gasteiger partial charge < -0.3 is 0 Å². The van der Waals surface area contributed by atoms with Crippen molar-refractivity contribution in [1.29, 1.82) is 0 Å². The lowest BCUT2D eigenvalue weighted by Gasteiger charge is -2.33. The molecule has 0 amide bonds. The zero-order chi connectivity index (χ0) is 23.9. The third-order valence-electron chi connectivity index (χ3n) is 7.91. The molecule has 0 aliphatic rings. The summed E-state index contributed by atoms with van der Waals surface area (Å²) in [5, 5.41) is 1.78. The fourth-order valence-electron chi connectivity index (χ4n) is 5.68. The summed E-state index contributed by atoms with van der Waals surface area (Å²) < 4.78 is 0. The van der Waals surface area contributed by atoms with Crippen LogP contribution in [0.15, 0.2) is 30.3 Å². The van der Waals surface area contributed by atoms with Crippen molar-refractivity contribution in [1.82, 2.24) is 0 Å². The van der Waals surface area contributed by atoms with E-state index in [1.165, 1.54) is 128 Å². The average molecular weight is 473 g/mol. The average Bonchev–Trinajstić information content (AvgIpc) is 2.85. The summed E-state index contributed by atoms with van der Waals surface area (Å²) in [4.78, 5) is 0. The van der Waals surface area contributed by atoms with Crippen molar-refractivity contribution in [3.63, 3.8) is 0 Å². The van der Waals surface area contributed by atoms with Gasteiger partial charge in [0, 0.05) is 0 Å². The highest BCUT2D eigenvalue weighted by Crippen LogP contribution is 2.30. The van der Waals surface area contributed by atoms with Crippen LogP contribution in [0.25, 0.3) is 0 Å². The van der Waals surface area contributed by atoms with E-state index in [2.05, 4.69) is 51.1 Å². The lowest BCUT2D eigenvalue weighted by atomic mass is 10.1. The first-order chi connectivity index (χ1) is 16.3. The van der Waals surface area contributed by atoms with Gasteiger partial charge in [-0.1, -0.05) is 203 Å². The zero-order valence-corrected chi connectivity index (χ0v) is 24.2. The van der Waals surface area contributed by atoms with Crippen molar-refractivity contribution >= 4 is 13.3 Å². The van der Waals surface area contributed by atoms with Gasteiger partial charge in [0.1, 0.15) is 0 Å². The molecule has 0 atom stereocenters. The maximum atomic E-state index is 2.52. The lowest BCUT2D eigenvalue weighted by Crippen LogP contribution is -2.47. The Balaban J connectivity index is 2.61. The third-order valence-corrected chi connectivity index (χ3v) is 13.4. The summed E-state index contributed by atoms with van der Waals surface area (Å²) >= 11 is 0. The van der Waals surface area contributed by atoms with Crippen LogP contribution in [0.4, 0.5) is 0 Å². The Morgan fingerprint density at radius 1 is 0.394 bits per heavy atom. The molecule has 1 heteroatoms. The van der Waals surface area contributed by atoms with Crippen molar-refractivity contribution in [2.45, 2.75) is 167 Å². The molecule has 0 aliphatic heterocycles. The van der Waals surface area contributed by atoms with E-state index in [-0.39, 0.29) is 0 Å². The molecule has 0 saturated carbocycles. The minimum atomic E-state index is -1.38. The summed E-state index contributed by atoms with van der Waals surface area (Å²) in [5.74, 6) is 0. The van der Waals surface area contributed by atoms with Crippen LogP contribution in [0.5, 0.6) is 0 Å². The van der Waals surface area contributed by atoms with Crippen molar-refractivity contribution in [3.8, 4) is 0 Å². The van der Waals surface area contributed by atoms with E-state index in [4.69, 9.17) is 0 Å². The monoisotopic (exact) mass is 472 g/mol. The van der Waals surface area contributed by atoms with E-state index in [0.29, 0.717) is 0 Å². The first-order valence-corrected chi connectivity index (χ1v) is 18.0. The van der Waals surface area contributed by atoms with Crippen LogP contribution in [-0.4, -0.2) is 8.07 Å². The van der Waals surface area contributed by atoms with Gasteiger partial charge in [-0.25, -0.2) is 0 Å². The summed E-state index contributed by atoms with van der Waals surface area (Å²) in [6, 6.07) is 16.6. The molecule has 1 rings (SSSR count). The Hall–Kier alpha value is -0.563. The quantitative estimate of drug-likeness (QED) is 0.104. The van der Waals surface area contributed by atoms with Gasteiger partial charge in [-0.2, -0.15) is 0 Å². The molecular weight excluding hydrogens is 412 g/mol. The highest BCUT2D eigenvalue weighted by molar-refractivity contribution is 6.91. The van der Waals surface area contributed by atoms with Gasteiger partial charge in [0.05, 0.1) is 8.07 Å². The molecule has 0 spiro atoms. The fraction of sp³-hybridized carbons (Fsp3) is 0.812. The molecule has 0 aliphatic carbocycles. The molecule has 0 aromatic heterocycles. The summed E-state index contributed by atoms with van der Waals surface area (Å²) in [6.45, 7) is 6.99. The van der Waals surface area contributed by atoms with Gasteiger partial charge in [-0.3, -0.25) is 0 Å². The molecule has 0 fully saturated rings. The molecule has 0 saturated heterocycles. The van der Waals surface area contributed by atoms with Gasteiger partial charge >= 0.3 is 0 Å². The molecular formula is C32H60Si. The second-order valence-electron chi connectivity index (χ2n) is 10.9. The minimum absolute atomic E-state index is 1.36. The van der Waals surface area contributed by atoms with Crippen LogP contribution in [0.3, 0.4) is 0 Å². The fourth-order valence-corrected chi connectivity index (χ4v) is 11.0.